The molecule has 0 heterocycles. The zero-order valence-electron chi connectivity index (χ0n) is 58.0. The molecule has 506 valence electrons. The van der Waals surface area contributed by atoms with Crippen LogP contribution in [0.2, 0.25) is 0 Å². The highest BCUT2D eigenvalue weighted by Gasteiger charge is 2.27. The molecule has 1 N–H and O–H groups in total. The van der Waals surface area contributed by atoms with Crippen molar-refractivity contribution in [2.45, 2.75) is 354 Å². The van der Waals surface area contributed by atoms with Gasteiger partial charge in [-0.3, -0.25) is 14.2 Å². The lowest BCUT2D eigenvalue weighted by Crippen LogP contribution is -2.47. The Morgan fingerprint density at radius 1 is 0.414 bits per heavy atom. The van der Waals surface area contributed by atoms with E-state index in [9.17, 15) is 19.0 Å². The fourth-order valence-electron chi connectivity index (χ4n) is 10.7. The van der Waals surface area contributed by atoms with Crippen LogP contribution in [0.1, 0.15) is 342 Å². The number of allylic oxidation sites excluding steroid dienone is 13. The molecule has 0 spiro atoms. The van der Waals surface area contributed by atoms with Crippen molar-refractivity contribution in [3.8, 4) is 0 Å². The number of unbranched alkanes of at least 4 members (excludes halogenated alkanes) is 39. The monoisotopic (exact) mass is 1240 g/mol. The van der Waals surface area contributed by atoms with Crippen molar-refractivity contribution in [1.29, 1.82) is 0 Å². The van der Waals surface area contributed by atoms with E-state index in [-0.39, 0.29) is 24.9 Å². The van der Waals surface area contributed by atoms with Crippen LogP contribution >= 0.6 is 7.82 Å². The first-order valence-corrected chi connectivity index (χ1v) is 38.4. The SMILES string of the molecule is CC/C=C\C/C=C\C/C=C\C/C=C\C/C=C\C/C=C\CCCCCCCCCCC(=O)OC(/C=C/CCCCCCCCCCC)C(COP(=O)([O-])OCC[N+](C)(C)C)NC(=O)CCCCCCCCCCCCCCCCCCCCCCCCC. The lowest BCUT2D eigenvalue weighted by atomic mass is 10.0. The topological polar surface area (TPSA) is 114 Å². The molecule has 0 fully saturated rings. The van der Waals surface area contributed by atoms with Crippen LogP contribution in [0.25, 0.3) is 0 Å². The number of nitrogens with one attached hydrogen (secondary N) is 1. The van der Waals surface area contributed by atoms with Crippen LogP contribution in [0.4, 0.5) is 0 Å². The minimum atomic E-state index is -4.71. The maximum Gasteiger partial charge on any atom is 0.306 e. The highest BCUT2D eigenvalue weighted by atomic mass is 31.2. The van der Waals surface area contributed by atoms with Gasteiger partial charge in [0.05, 0.1) is 33.8 Å². The second-order valence-electron chi connectivity index (χ2n) is 26.1. The normalized spacial score (nSPS) is 14.0. The average Bonchev–Trinajstić information content (AvgIpc) is 3.70. The summed E-state index contributed by atoms with van der Waals surface area (Å²) in [6.07, 6.45) is 88.6. The van der Waals surface area contributed by atoms with Gasteiger partial charge in [0.1, 0.15) is 19.3 Å². The molecule has 0 radical (unpaired) electrons. The van der Waals surface area contributed by atoms with E-state index >= 15 is 0 Å². The molecule has 0 rings (SSSR count). The van der Waals surface area contributed by atoms with E-state index in [4.69, 9.17) is 13.8 Å². The first-order chi connectivity index (χ1) is 42.4. The standard InChI is InChI=1S/C77H141N2O7P/c1-7-10-13-16-19-22-25-27-29-31-33-35-37-38-39-40-42-44-46-48-50-52-55-58-61-64-67-70-77(81)86-75(68-65-62-59-56-53-24-21-18-15-12-9-3)74(73-85-87(82,83)84-72-71-79(4,5)6)78-76(80)69-66-63-60-57-54-51-49-47-45-43-41-36-34-32-30-28-26-23-20-17-14-11-8-2/h10,13,19,22,27,29,33,35,38-39,42,44,65,68,74-75H,7-9,11-12,14-18,20-21,23-26,28,30-32,34,36-37,40-41,43,45-64,66-67,69-73H2,1-6H3,(H-,78,80,82,83)/b13-10-,22-19-,29-27-,35-33-,39-38-,44-42-,68-65+. The van der Waals surface area contributed by atoms with Gasteiger partial charge in [0.25, 0.3) is 7.82 Å². The van der Waals surface area contributed by atoms with Gasteiger partial charge in [-0.25, -0.2) is 0 Å². The van der Waals surface area contributed by atoms with E-state index in [2.05, 4.69) is 99.0 Å². The number of amides is 1. The molecule has 0 saturated carbocycles. The molecule has 0 aromatic heterocycles. The van der Waals surface area contributed by atoms with E-state index < -0.39 is 26.6 Å². The number of hydrogen-bond acceptors (Lipinski definition) is 7. The van der Waals surface area contributed by atoms with Crippen molar-refractivity contribution in [3.63, 3.8) is 0 Å². The summed E-state index contributed by atoms with van der Waals surface area (Å²) >= 11 is 0. The number of carbonyl (C=O) groups excluding carboxylic acids is 2. The fourth-order valence-corrected chi connectivity index (χ4v) is 11.4. The molecule has 0 aliphatic carbocycles. The molecule has 0 aliphatic heterocycles. The third kappa shape index (κ3) is 67.4. The summed E-state index contributed by atoms with van der Waals surface area (Å²) in [5, 5.41) is 3.05. The van der Waals surface area contributed by atoms with Crippen LogP contribution in [-0.4, -0.2) is 69.4 Å². The number of likely N-dealkylation sites (N-methyl/N-ethyl adjacent to an activating group) is 1. The quantitative estimate of drug-likeness (QED) is 0.0212. The van der Waals surface area contributed by atoms with Gasteiger partial charge in [-0.1, -0.05) is 331 Å². The molecule has 1 amide bonds. The molecule has 3 unspecified atom stereocenters. The van der Waals surface area contributed by atoms with Crippen molar-refractivity contribution in [3.05, 3.63) is 85.1 Å². The molecule has 0 aliphatic rings. The van der Waals surface area contributed by atoms with Gasteiger partial charge >= 0.3 is 5.97 Å². The van der Waals surface area contributed by atoms with Crippen molar-refractivity contribution >= 4 is 19.7 Å². The number of nitrogens with zero attached hydrogens (tertiary/aromatic N) is 1. The fraction of sp³-hybridized carbons (Fsp3) is 0.792. The van der Waals surface area contributed by atoms with Crippen molar-refractivity contribution < 1.29 is 37.3 Å². The van der Waals surface area contributed by atoms with Crippen LogP contribution in [-0.2, 0) is 27.9 Å². The van der Waals surface area contributed by atoms with Crippen molar-refractivity contribution in [1.82, 2.24) is 5.32 Å². The number of rotatable bonds is 67. The predicted octanol–water partition coefficient (Wildman–Crippen LogP) is 23.0. The van der Waals surface area contributed by atoms with Gasteiger partial charge in [-0.2, -0.15) is 0 Å². The van der Waals surface area contributed by atoms with Gasteiger partial charge in [0.2, 0.25) is 5.91 Å². The summed E-state index contributed by atoms with van der Waals surface area (Å²) in [6, 6.07) is -0.894. The number of quaternary nitrogens is 1. The van der Waals surface area contributed by atoms with Gasteiger partial charge in [0, 0.05) is 12.8 Å². The zero-order valence-corrected chi connectivity index (χ0v) is 58.9. The average molecular weight is 1240 g/mol. The minimum Gasteiger partial charge on any atom is -0.756 e. The summed E-state index contributed by atoms with van der Waals surface area (Å²) in [4.78, 5) is 40.2. The summed E-state index contributed by atoms with van der Waals surface area (Å²) in [6.45, 7) is 6.76. The van der Waals surface area contributed by atoms with Gasteiger partial charge in [-0.05, 0) is 83.1 Å². The lowest BCUT2D eigenvalue weighted by Gasteiger charge is -2.30. The summed E-state index contributed by atoms with van der Waals surface area (Å²) in [7, 11) is 1.18. The Morgan fingerprint density at radius 2 is 0.736 bits per heavy atom. The maximum atomic E-state index is 13.6. The minimum absolute atomic E-state index is 0.0248. The first kappa shape index (κ1) is 84.2. The summed E-state index contributed by atoms with van der Waals surface area (Å²) in [5.74, 6) is -0.540. The van der Waals surface area contributed by atoms with E-state index in [1.54, 1.807) is 0 Å². The molecular formula is C77H141N2O7P. The van der Waals surface area contributed by atoms with E-state index in [0.717, 1.165) is 109 Å². The van der Waals surface area contributed by atoms with E-state index in [1.807, 2.05) is 33.3 Å². The number of phosphoric acid groups is 1. The Morgan fingerprint density at radius 3 is 1.10 bits per heavy atom. The lowest BCUT2D eigenvalue weighted by molar-refractivity contribution is -0.870. The molecule has 0 aromatic carbocycles. The van der Waals surface area contributed by atoms with Gasteiger partial charge in [-0.15, -0.1) is 0 Å². The summed E-state index contributed by atoms with van der Waals surface area (Å²) in [5.41, 5.74) is 0. The molecule has 0 aromatic rings. The highest BCUT2D eigenvalue weighted by molar-refractivity contribution is 7.45. The van der Waals surface area contributed by atoms with E-state index in [0.29, 0.717) is 17.4 Å². The van der Waals surface area contributed by atoms with Crippen LogP contribution in [0.3, 0.4) is 0 Å². The van der Waals surface area contributed by atoms with Gasteiger partial charge in [0.15, 0.2) is 0 Å². The number of ether oxygens (including phenoxy) is 1. The van der Waals surface area contributed by atoms with Crippen LogP contribution in [0, 0.1) is 0 Å². The molecular weight excluding hydrogens is 1100 g/mol. The Bertz CT molecular complexity index is 1760. The second-order valence-corrected chi connectivity index (χ2v) is 27.5. The maximum absolute atomic E-state index is 13.6. The van der Waals surface area contributed by atoms with E-state index in [1.165, 1.54) is 199 Å². The molecule has 10 heteroatoms. The third-order valence-electron chi connectivity index (χ3n) is 16.3. The molecule has 87 heavy (non-hydrogen) atoms. The highest BCUT2D eigenvalue weighted by Crippen LogP contribution is 2.38. The van der Waals surface area contributed by atoms with Crippen molar-refractivity contribution in [2.75, 3.05) is 40.9 Å². The zero-order chi connectivity index (χ0) is 63.5. The molecule has 9 nitrogen and oxygen atoms in total. The first-order valence-electron chi connectivity index (χ1n) is 36.9. The third-order valence-corrected chi connectivity index (χ3v) is 17.3. The number of carbonyl (C=O) groups is 2. The Balaban J connectivity index is 4.99. The largest absolute Gasteiger partial charge is 0.756 e. The smallest absolute Gasteiger partial charge is 0.306 e. The Labute approximate surface area is 539 Å². The Kier molecular flexibility index (Phi) is 64.0. The van der Waals surface area contributed by atoms with Crippen LogP contribution in [0.15, 0.2) is 85.1 Å². The number of phosphoric ester groups is 1. The Hall–Kier alpha value is -2.81. The molecule has 3 atom stereocenters. The van der Waals surface area contributed by atoms with Gasteiger partial charge < -0.3 is 28.5 Å². The molecule has 0 saturated heterocycles. The van der Waals surface area contributed by atoms with Crippen molar-refractivity contribution in [2.24, 2.45) is 0 Å². The summed E-state index contributed by atoms with van der Waals surface area (Å²) < 4.78 is 30.5. The van der Waals surface area contributed by atoms with Crippen LogP contribution < -0.4 is 10.2 Å². The number of hydrogen-bond donors (Lipinski definition) is 1. The second kappa shape index (κ2) is 66.1. The number of esters is 1. The van der Waals surface area contributed by atoms with Crippen LogP contribution in [0.5, 0.6) is 0 Å². The molecule has 0 bridgehead atoms. The predicted molar refractivity (Wildman–Crippen MR) is 376 cm³/mol.